The number of carbonyl (C=O) groups excluding carboxylic acids is 2. The fourth-order valence-corrected chi connectivity index (χ4v) is 4.99. The monoisotopic (exact) mass is 385 g/mol. The van der Waals surface area contributed by atoms with E-state index in [2.05, 4.69) is 9.80 Å². The van der Waals surface area contributed by atoms with Gasteiger partial charge < -0.3 is 14.9 Å². The SMILES string of the molecule is O=C(c1ccccc1O)N1CCC(N2CCC[C@H](C(=O)N3CCCC3)C2)CC1. The van der Waals surface area contributed by atoms with Gasteiger partial charge in [0.05, 0.1) is 11.5 Å². The van der Waals surface area contributed by atoms with Crippen LogP contribution in [0.25, 0.3) is 0 Å². The average molecular weight is 386 g/mol. The van der Waals surface area contributed by atoms with Gasteiger partial charge in [-0.1, -0.05) is 12.1 Å². The third-order valence-corrected chi connectivity index (χ3v) is 6.62. The number of rotatable bonds is 3. The number of para-hydroxylation sites is 1. The molecule has 28 heavy (non-hydrogen) atoms. The molecule has 1 atom stereocenters. The van der Waals surface area contributed by atoms with Crippen molar-refractivity contribution in [2.24, 2.45) is 5.92 Å². The Morgan fingerprint density at radius 2 is 1.57 bits per heavy atom. The Hall–Kier alpha value is -2.08. The lowest BCUT2D eigenvalue weighted by Crippen LogP contribution is -2.51. The Morgan fingerprint density at radius 1 is 0.857 bits per heavy atom. The molecule has 0 spiro atoms. The highest BCUT2D eigenvalue weighted by Crippen LogP contribution is 2.27. The lowest BCUT2D eigenvalue weighted by molar-refractivity contribution is -0.136. The summed E-state index contributed by atoms with van der Waals surface area (Å²) in [5.41, 5.74) is 0.384. The van der Waals surface area contributed by atoms with E-state index in [-0.39, 0.29) is 17.6 Å². The second-order valence-corrected chi connectivity index (χ2v) is 8.41. The molecule has 0 saturated carbocycles. The van der Waals surface area contributed by atoms with Crippen molar-refractivity contribution in [3.05, 3.63) is 29.8 Å². The van der Waals surface area contributed by atoms with Crippen LogP contribution in [0.4, 0.5) is 0 Å². The Balaban J connectivity index is 1.31. The number of aromatic hydroxyl groups is 1. The maximum atomic E-state index is 12.8. The number of hydrogen-bond donors (Lipinski definition) is 1. The second kappa shape index (κ2) is 8.52. The molecule has 3 aliphatic heterocycles. The fraction of sp³-hybridized carbons (Fsp3) is 0.636. The van der Waals surface area contributed by atoms with Gasteiger partial charge in [-0.2, -0.15) is 0 Å². The Kier molecular flexibility index (Phi) is 5.85. The standard InChI is InChI=1S/C22H31N3O3/c26-20-8-2-1-7-19(20)22(28)24-14-9-18(10-15-24)25-13-5-6-17(16-25)21(27)23-11-3-4-12-23/h1-2,7-8,17-18,26H,3-6,9-16H2/t17-/m0/s1. The molecule has 4 rings (SSSR count). The number of phenols is 1. The highest BCUT2D eigenvalue weighted by Gasteiger charge is 2.35. The van der Waals surface area contributed by atoms with Crippen LogP contribution in [0.2, 0.25) is 0 Å². The average Bonchev–Trinajstić information content (AvgIpc) is 3.28. The number of benzene rings is 1. The molecule has 3 aliphatic rings. The molecule has 3 heterocycles. The molecule has 1 aromatic carbocycles. The smallest absolute Gasteiger partial charge is 0.257 e. The van der Waals surface area contributed by atoms with Gasteiger partial charge >= 0.3 is 0 Å². The topological polar surface area (TPSA) is 64.1 Å². The molecule has 0 radical (unpaired) electrons. The molecule has 0 bridgehead atoms. The summed E-state index contributed by atoms with van der Waals surface area (Å²) in [6.45, 7) is 5.21. The first-order chi connectivity index (χ1) is 13.6. The maximum absolute atomic E-state index is 12.8. The minimum absolute atomic E-state index is 0.0499. The van der Waals surface area contributed by atoms with Gasteiger partial charge in [0.25, 0.3) is 5.91 Å². The fourth-order valence-electron chi connectivity index (χ4n) is 4.99. The summed E-state index contributed by atoms with van der Waals surface area (Å²) in [6, 6.07) is 7.20. The van der Waals surface area contributed by atoms with Crippen molar-refractivity contribution in [2.45, 2.75) is 44.6 Å². The van der Waals surface area contributed by atoms with E-state index in [9.17, 15) is 14.7 Å². The predicted molar refractivity (Wildman–Crippen MR) is 107 cm³/mol. The van der Waals surface area contributed by atoms with Gasteiger partial charge in [0, 0.05) is 38.8 Å². The van der Waals surface area contributed by atoms with E-state index in [0.29, 0.717) is 30.6 Å². The molecular weight excluding hydrogens is 354 g/mol. The molecule has 152 valence electrons. The highest BCUT2D eigenvalue weighted by atomic mass is 16.3. The zero-order valence-electron chi connectivity index (χ0n) is 16.6. The largest absolute Gasteiger partial charge is 0.507 e. The van der Waals surface area contributed by atoms with Gasteiger partial charge in [-0.15, -0.1) is 0 Å². The van der Waals surface area contributed by atoms with Crippen LogP contribution in [0.1, 0.15) is 48.9 Å². The number of hydrogen-bond acceptors (Lipinski definition) is 4. The number of nitrogens with zero attached hydrogens (tertiary/aromatic N) is 3. The summed E-state index contributed by atoms with van der Waals surface area (Å²) < 4.78 is 0. The van der Waals surface area contributed by atoms with E-state index >= 15 is 0 Å². The first kappa shape index (κ1) is 19.2. The van der Waals surface area contributed by atoms with Crippen molar-refractivity contribution in [1.29, 1.82) is 0 Å². The summed E-state index contributed by atoms with van der Waals surface area (Å²) in [5.74, 6) is 0.466. The Bertz CT molecular complexity index is 709. The molecule has 6 nitrogen and oxygen atoms in total. The summed E-state index contributed by atoms with van der Waals surface area (Å²) in [5, 5.41) is 9.95. The van der Waals surface area contributed by atoms with E-state index in [1.165, 1.54) is 0 Å². The molecular formula is C22H31N3O3. The predicted octanol–water partition coefficient (Wildman–Crippen LogP) is 2.33. The van der Waals surface area contributed by atoms with E-state index in [0.717, 1.165) is 64.7 Å². The molecule has 6 heteroatoms. The molecule has 3 saturated heterocycles. The van der Waals surface area contributed by atoms with Crippen LogP contribution in [0.3, 0.4) is 0 Å². The van der Waals surface area contributed by atoms with Crippen LogP contribution < -0.4 is 0 Å². The number of amides is 2. The van der Waals surface area contributed by atoms with Crippen LogP contribution in [-0.4, -0.2) is 76.9 Å². The number of piperidine rings is 2. The van der Waals surface area contributed by atoms with Gasteiger partial charge in [0.2, 0.25) is 5.91 Å². The Labute approximate surface area is 167 Å². The molecule has 0 unspecified atom stereocenters. The highest BCUT2D eigenvalue weighted by molar-refractivity contribution is 5.96. The summed E-state index contributed by atoms with van der Waals surface area (Å²) in [6.07, 6.45) is 6.25. The first-order valence-electron chi connectivity index (χ1n) is 10.7. The quantitative estimate of drug-likeness (QED) is 0.867. The third kappa shape index (κ3) is 4.02. The minimum atomic E-state index is -0.0859. The molecule has 1 N–H and O–H groups in total. The van der Waals surface area contributed by atoms with E-state index in [4.69, 9.17) is 0 Å². The number of phenolic OH excluding ortho intramolecular Hbond substituents is 1. The normalized spacial score (nSPS) is 24.5. The van der Waals surface area contributed by atoms with Crippen molar-refractivity contribution in [1.82, 2.24) is 14.7 Å². The molecule has 0 aromatic heterocycles. The van der Waals surface area contributed by atoms with E-state index in [1.54, 1.807) is 24.3 Å². The van der Waals surface area contributed by atoms with Crippen molar-refractivity contribution < 1.29 is 14.7 Å². The minimum Gasteiger partial charge on any atom is -0.507 e. The molecule has 2 amide bonds. The summed E-state index contributed by atoms with van der Waals surface area (Å²) >= 11 is 0. The summed E-state index contributed by atoms with van der Waals surface area (Å²) in [7, 11) is 0. The lowest BCUT2D eigenvalue weighted by atomic mass is 9.92. The van der Waals surface area contributed by atoms with Crippen molar-refractivity contribution in [3.63, 3.8) is 0 Å². The molecule has 0 aliphatic carbocycles. The van der Waals surface area contributed by atoms with Crippen LogP contribution in [0, 0.1) is 5.92 Å². The van der Waals surface area contributed by atoms with Gasteiger partial charge in [0.15, 0.2) is 0 Å². The molecule has 1 aromatic rings. The number of carbonyl (C=O) groups is 2. The number of likely N-dealkylation sites (tertiary alicyclic amines) is 3. The van der Waals surface area contributed by atoms with Crippen LogP contribution in [0.15, 0.2) is 24.3 Å². The van der Waals surface area contributed by atoms with Crippen molar-refractivity contribution in [3.8, 4) is 5.75 Å². The van der Waals surface area contributed by atoms with Gasteiger partial charge in [-0.3, -0.25) is 14.5 Å². The van der Waals surface area contributed by atoms with Gasteiger partial charge in [-0.05, 0) is 57.2 Å². The van der Waals surface area contributed by atoms with Crippen LogP contribution in [-0.2, 0) is 4.79 Å². The summed E-state index contributed by atoms with van der Waals surface area (Å²) in [4.78, 5) is 31.9. The molecule has 3 fully saturated rings. The van der Waals surface area contributed by atoms with Crippen LogP contribution >= 0.6 is 0 Å². The van der Waals surface area contributed by atoms with Crippen molar-refractivity contribution in [2.75, 3.05) is 39.3 Å². The first-order valence-corrected chi connectivity index (χ1v) is 10.7. The zero-order chi connectivity index (χ0) is 19.5. The van der Waals surface area contributed by atoms with Gasteiger partial charge in [0.1, 0.15) is 5.75 Å². The zero-order valence-corrected chi connectivity index (χ0v) is 16.6. The van der Waals surface area contributed by atoms with E-state index in [1.807, 2.05) is 4.90 Å². The third-order valence-electron chi connectivity index (χ3n) is 6.62. The van der Waals surface area contributed by atoms with E-state index < -0.39 is 0 Å². The Morgan fingerprint density at radius 3 is 2.29 bits per heavy atom. The lowest BCUT2D eigenvalue weighted by Gasteiger charge is -2.42. The second-order valence-electron chi connectivity index (χ2n) is 8.41. The van der Waals surface area contributed by atoms with Crippen molar-refractivity contribution >= 4 is 11.8 Å². The van der Waals surface area contributed by atoms with Gasteiger partial charge in [-0.25, -0.2) is 0 Å². The maximum Gasteiger partial charge on any atom is 0.257 e. The van der Waals surface area contributed by atoms with Crippen LogP contribution in [0.5, 0.6) is 5.75 Å².